The van der Waals surface area contributed by atoms with Crippen LogP contribution in [0.1, 0.15) is 10.4 Å². The predicted octanol–water partition coefficient (Wildman–Crippen LogP) is 0.00140. The zero-order valence-electron chi connectivity index (χ0n) is 9.09. The van der Waals surface area contributed by atoms with Crippen molar-refractivity contribution in [3.63, 3.8) is 0 Å². The summed E-state index contributed by atoms with van der Waals surface area (Å²) in [4.78, 5) is 25.1. The second-order valence-electron chi connectivity index (χ2n) is 3.47. The quantitative estimate of drug-likeness (QED) is 0.778. The van der Waals surface area contributed by atoms with E-state index in [4.69, 9.17) is 0 Å². The lowest BCUT2D eigenvalue weighted by atomic mass is 10.2. The molecule has 0 aliphatic rings. The first-order valence-corrected chi connectivity index (χ1v) is 5.20. The van der Waals surface area contributed by atoms with Crippen molar-refractivity contribution in [3.05, 3.63) is 52.7 Å². The fraction of sp³-hybridized carbons (Fsp3) is 0.182. The summed E-state index contributed by atoms with van der Waals surface area (Å²) in [7, 11) is 0. The maximum absolute atomic E-state index is 11.6. The zero-order valence-corrected chi connectivity index (χ0v) is 9.09. The minimum Gasteiger partial charge on any atom is -0.350 e. The molecule has 6 heteroatoms. The fourth-order valence-electron chi connectivity index (χ4n) is 1.40. The van der Waals surface area contributed by atoms with Gasteiger partial charge in [-0.05, 0) is 12.1 Å². The topological polar surface area (TPSA) is 79.8 Å². The van der Waals surface area contributed by atoms with Crippen LogP contribution in [0.4, 0.5) is 0 Å². The van der Waals surface area contributed by atoms with Crippen LogP contribution in [-0.2, 0) is 6.54 Å². The second-order valence-corrected chi connectivity index (χ2v) is 3.47. The summed E-state index contributed by atoms with van der Waals surface area (Å²) in [5.74, 6) is -0.261. The van der Waals surface area contributed by atoms with Crippen molar-refractivity contribution in [2.24, 2.45) is 0 Å². The van der Waals surface area contributed by atoms with E-state index in [-0.39, 0.29) is 11.5 Å². The summed E-state index contributed by atoms with van der Waals surface area (Å²) in [5.41, 5.74) is 0.0685. The summed E-state index contributed by atoms with van der Waals surface area (Å²) in [6.07, 6.45) is 4.95. The maximum Gasteiger partial charge on any atom is 0.251 e. The lowest BCUT2D eigenvalue weighted by Gasteiger charge is -2.04. The molecule has 2 heterocycles. The third-order valence-corrected chi connectivity index (χ3v) is 2.22. The molecule has 0 fully saturated rings. The Morgan fingerprint density at radius 1 is 1.53 bits per heavy atom. The summed E-state index contributed by atoms with van der Waals surface area (Å²) in [5, 5.41) is 6.72. The molecule has 0 aliphatic heterocycles. The number of hydrogen-bond donors (Lipinski definition) is 2. The van der Waals surface area contributed by atoms with Crippen LogP contribution in [0.15, 0.2) is 41.6 Å². The Hall–Kier alpha value is -2.37. The largest absolute Gasteiger partial charge is 0.350 e. The Morgan fingerprint density at radius 2 is 2.41 bits per heavy atom. The molecule has 0 saturated carbocycles. The van der Waals surface area contributed by atoms with Gasteiger partial charge in [-0.1, -0.05) is 0 Å². The third kappa shape index (κ3) is 3.04. The van der Waals surface area contributed by atoms with E-state index < -0.39 is 0 Å². The van der Waals surface area contributed by atoms with E-state index in [1.54, 1.807) is 16.9 Å². The maximum atomic E-state index is 11.6. The van der Waals surface area contributed by atoms with Crippen LogP contribution in [-0.4, -0.2) is 27.2 Å². The fourth-order valence-corrected chi connectivity index (χ4v) is 1.40. The van der Waals surface area contributed by atoms with Crippen molar-refractivity contribution in [2.45, 2.75) is 6.54 Å². The number of H-pyrrole nitrogens is 1. The summed E-state index contributed by atoms with van der Waals surface area (Å²) >= 11 is 0. The number of aromatic amines is 1. The first kappa shape index (κ1) is 11.1. The lowest BCUT2D eigenvalue weighted by molar-refractivity contribution is 0.0951. The number of aromatic nitrogens is 3. The first-order valence-electron chi connectivity index (χ1n) is 5.20. The van der Waals surface area contributed by atoms with E-state index >= 15 is 0 Å². The first-order chi connectivity index (χ1) is 8.25. The SMILES string of the molecule is O=C(NCCn1cccn1)c1cc[nH]c(=O)c1. The molecule has 1 amide bonds. The van der Waals surface area contributed by atoms with E-state index in [2.05, 4.69) is 15.4 Å². The smallest absolute Gasteiger partial charge is 0.251 e. The van der Waals surface area contributed by atoms with Gasteiger partial charge in [0, 0.05) is 36.8 Å². The zero-order chi connectivity index (χ0) is 12.1. The summed E-state index contributed by atoms with van der Waals surface area (Å²) in [6, 6.07) is 4.65. The number of amides is 1. The predicted molar refractivity (Wildman–Crippen MR) is 61.6 cm³/mol. The molecule has 0 radical (unpaired) electrons. The molecule has 0 aliphatic carbocycles. The molecule has 2 aromatic rings. The number of rotatable bonds is 4. The minimum atomic E-state index is -0.287. The van der Waals surface area contributed by atoms with Crippen LogP contribution in [0.25, 0.3) is 0 Å². The van der Waals surface area contributed by atoms with E-state index in [0.717, 1.165) is 0 Å². The molecule has 2 aromatic heterocycles. The van der Waals surface area contributed by atoms with E-state index in [1.165, 1.54) is 12.3 Å². The van der Waals surface area contributed by atoms with Crippen LogP contribution < -0.4 is 10.9 Å². The molecule has 0 bridgehead atoms. The molecule has 2 N–H and O–H groups in total. The highest BCUT2D eigenvalue weighted by Gasteiger charge is 2.04. The molecule has 6 nitrogen and oxygen atoms in total. The molecule has 0 saturated heterocycles. The molecular formula is C11H12N4O2. The molecule has 0 aromatic carbocycles. The Labute approximate surface area is 97.3 Å². The highest BCUT2D eigenvalue weighted by Crippen LogP contribution is 1.92. The molecule has 88 valence electrons. The van der Waals surface area contributed by atoms with Gasteiger partial charge in [0.05, 0.1) is 6.54 Å². The van der Waals surface area contributed by atoms with Gasteiger partial charge in [0.15, 0.2) is 0 Å². The summed E-state index contributed by atoms with van der Waals surface area (Å²) in [6.45, 7) is 1.06. The van der Waals surface area contributed by atoms with Gasteiger partial charge in [0.2, 0.25) is 5.56 Å². The van der Waals surface area contributed by atoms with Gasteiger partial charge in [-0.15, -0.1) is 0 Å². The number of nitrogens with one attached hydrogen (secondary N) is 2. The standard InChI is InChI=1S/C11H12N4O2/c16-10-8-9(2-4-12-10)11(17)13-5-7-15-6-1-3-14-15/h1-4,6,8H,5,7H2,(H,12,16)(H,13,17). The molecule has 17 heavy (non-hydrogen) atoms. The van der Waals surface area contributed by atoms with Gasteiger partial charge in [0.1, 0.15) is 0 Å². The van der Waals surface area contributed by atoms with Crippen LogP contribution >= 0.6 is 0 Å². The lowest BCUT2D eigenvalue weighted by Crippen LogP contribution is -2.28. The Bertz CT molecular complexity index is 545. The van der Waals surface area contributed by atoms with Crippen molar-refractivity contribution in [3.8, 4) is 0 Å². The van der Waals surface area contributed by atoms with E-state index in [9.17, 15) is 9.59 Å². The van der Waals surface area contributed by atoms with Gasteiger partial charge >= 0.3 is 0 Å². The normalized spacial score (nSPS) is 10.1. The van der Waals surface area contributed by atoms with Crippen molar-refractivity contribution >= 4 is 5.91 Å². The van der Waals surface area contributed by atoms with Gasteiger partial charge < -0.3 is 10.3 Å². The molecule has 2 rings (SSSR count). The average molecular weight is 232 g/mol. The molecule has 0 unspecified atom stereocenters. The average Bonchev–Trinajstić information content (AvgIpc) is 2.82. The molecule has 0 atom stereocenters. The monoisotopic (exact) mass is 232 g/mol. The van der Waals surface area contributed by atoms with Crippen molar-refractivity contribution in [1.29, 1.82) is 0 Å². The van der Waals surface area contributed by atoms with Gasteiger partial charge in [0.25, 0.3) is 5.91 Å². The molecular weight excluding hydrogens is 220 g/mol. The number of carbonyl (C=O) groups is 1. The van der Waals surface area contributed by atoms with Crippen molar-refractivity contribution in [2.75, 3.05) is 6.54 Å². The van der Waals surface area contributed by atoms with Crippen LogP contribution in [0.5, 0.6) is 0 Å². The van der Waals surface area contributed by atoms with Gasteiger partial charge in [-0.2, -0.15) is 5.10 Å². The van der Waals surface area contributed by atoms with Crippen LogP contribution in [0.3, 0.4) is 0 Å². The van der Waals surface area contributed by atoms with Crippen LogP contribution in [0.2, 0.25) is 0 Å². The minimum absolute atomic E-state index is 0.261. The second kappa shape index (κ2) is 5.11. The Kier molecular flexibility index (Phi) is 3.34. The van der Waals surface area contributed by atoms with E-state index in [0.29, 0.717) is 18.7 Å². The highest BCUT2D eigenvalue weighted by atomic mass is 16.2. The number of pyridine rings is 1. The van der Waals surface area contributed by atoms with Gasteiger partial charge in [-0.25, -0.2) is 0 Å². The summed E-state index contributed by atoms with van der Waals surface area (Å²) < 4.78 is 1.72. The Morgan fingerprint density at radius 3 is 3.12 bits per heavy atom. The molecule has 0 spiro atoms. The number of hydrogen-bond acceptors (Lipinski definition) is 3. The van der Waals surface area contributed by atoms with Crippen molar-refractivity contribution < 1.29 is 4.79 Å². The third-order valence-electron chi connectivity index (χ3n) is 2.22. The van der Waals surface area contributed by atoms with Crippen LogP contribution in [0, 0.1) is 0 Å². The highest BCUT2D eigenvalue weighted by molar-refractivity contribution is 5.93. The van der Waals surface area contributed by atoms with Gasteiger partial charge in [-0.3, -0.25) is 14.3 Å². The number of carbonyl (C=O) groups excluding carboxylic acids is 1. The van der Waals surface area contributed by atoms with E-state index in [1.807, 2.05) is 12.3 Å². The number of nitrogens with zero attached hydrogens (tertiary/aromatic N) is 2. The van der Waals surface area contributed by atoms with Crippen molar-refractivity contribution in [1.82, 2.24) is 20.1 Å². The Balaban J connectivity index is 1.87.